The quantitative estimate of drug-likeness (QED) is 0.794. The van der Waals surface area contributed by atoms with E-state index >= 15 is 0 Å². The molecular weight excluding hydrogens is 250 g/mol. The molecule has 0 aromatic carbocycles. The van der Waals surface area contributed by atoms with Crippen LogP contribution in [0.3, 0.4) is 0 Å². The number of aromatic nitrogens is 1. The SMILES string of the molecule is CC(OC(=O)c1ncoc1-c1cccs1)C1CC1. The van der Waals surface area contributed by atoms with Crippen LogP contribution in [0.15, 0.2) is 28.3 Å². The average molecular weight is 263 g/mol. The second kappa shape index (κ2) is 4.57. The third-order valence-electron chi connectivity index (χ3n) is 3.08. The molecule has 1 unspecified atom stereocenters. The summed E-state index contributed by atoms with van der Waals surface area (Å²) in [5.74, 6) is 0.621. The minimum Gasteiger partial charge on any atom is -0.458 e. The molecule has 2 aromatic heterocycles. The first-order valence-corrected chi connectivity index (χ1v) is 6.82. The molecule has 5 heteroatoms. The van der Waals surface area contributed by atoms with Crippen LogP contribution in [0.4, 0.5) is 0 Å². The van der Waals surface area contributed by atoms with E-state index in [1.54, 1.807) is 0 Å². The Morgan fingerprint density at radius 3 is 3.11 bits per heavy atom. The largest absolute Gasteiger partial charge is 0.458 e. The Morgan fingerprint density at radius 1 is 1.61 bits per heavy atom. The number of carbonyl (C=O) groups is 1. The van der Waals surface area contributed by atoms with Crippen molar-refractivity contribution in [3.63, 3.8) is 0 Å². The highest BCUT2D eigenvalue weighted by molar-refractivity contribution is 7.13. The molecule has 1 atom stereocenters. The van der Waals surface area contributed by atoms with Crippen LogP contribution in [-0.4, -0.2) is 17.1 Å². The minimum atomic E-state index is -0.397. The van der Waals surface area contributed by atoms with Gasteiger partial charge in [0.15, 0.2) is 17.8 Å². The molecule has 0 bridgehead atoms. The van der Waals surface area contributed by atoms with Crippen molar-refractivity contribution in [1.29, 1.82) is 0 Å². The van der Waals surface area contributed by atoms with Gasteiger partial charge in [0.05, 0.1) is 4.88 Å². The summed E-state index contributed by atoms with van der Waals surface area (Å²) >= 11 is 1.51. The predicted octanol–water partition coefficient (Wildman–Crippen LogP) is 3.36. The molecule has 0 radical (unpaired) electrons. The van der Waals surface area contributed by atoms with Crippen LogP contribution in [0.5, 0.6) is 0 Å². The highest BCUT2D eigenvalue weighted by atomic mass is 32.1. The zero-order valence-corrected chi connectivity index (χ0v) is 10.8. The Balaban J connectivity index is 1.79. The fourth-order valence-electron chi connectivity index (χ4n) is 1.86. The number of thiophene rings is 1. The molecule has 1 aliphatic carbocycles. The molecule has 0 amide bonds. The van der Waals surface area contributed by atoms with Gasteiger partial charge in [0.2, 0.25) is 0 Å². The molecule has 2 aromatic rings. The maximum Gasteiger partial charge on any atom is 0.361 e. The van der Waals surface area contributed by atoms with Gasteiger partial charge in [-0.25, -0.2) is 9.78 Å². The fraction of sp³-hybridized carbons (Fsp3) is 0.385. The lowest BCUT2D eigenvalue weighted by Crippen LogP contribution is -2.17. The number of rotatable bonds is 4. The molecule has 1 fully saturated rings. The van der Waals surface area contributed by atoms with Crippen LogP contribution in [0.1, 0.15) is 30.3 Å². The van der Waals surface area contributed by atoms with Crippen LogP contribution in [-0.2, 0) is 4.74 Å². The molecule has 0 aliphatic heterocycles. The lowest BCUT2D eigenvalue weighted by Gasteiger charge is -2.10. The van der Waals surface area contributed by atoms with Crippen molar-refractivity contribution in [3.05, 3.63) is 29.6 Å². The van der Waals surface area contributed by atoms with Crippen molar-refractivity contribution < 1.29 is 13.9 Å². The van der Waals surface area contributed by atoms with Crippen molar-refractivity contribution in [3.8, 4) is 10.6 Å². The zero-order chi connectivity index (χ0) is 12.5. The number of hydrogen-bond donors (Lipinski definition) is 0. The smallest absolute Gasteiger partial charge is 0.361 e. The van der Waals surface area contributed by atoms with E-state index in [4.69, 9.17) is 9.15 Å². The third-order valence-corrected chi connectivity index (χ3v) is 3.95. The van der Waals surface area contributed by atoms with E-state index < -0.39 is 5.97 Å². The highest BCUT2D eigenvalue weighted by Gasteiger charge is 2.32. The van der Waals surface area contributed by atoms with Gasteiger partial charge in [-0.2, -0.15) is 0 Å². The number of esters is 1. The van der Waals surface area contributed by atoms with Crippen LogP contribution in [0.2, 0.25) is 0 Å². The zero-order valence-electron chi connectivity index (χ0n) is 9.96. The standard InChI is InChI=1S/C13H13NO3S/c1-8(9-4-5-9)17-13(15)11-12(16-7-14-11)10-3-2-6-18-10/h2-3,6-9H,4-5H2,1H3. The molecule has 94 valence electrons. The van der Waals surface area contributed by atoms with Gasteiger partial charge in [-0.1, -0.05) is 6.07 Å². The first-order valence-electron chi connectivity index (χ1n) is 5.94. The Bertz CT molecular complexity index is 542. The maximum absolute atomic E-state index is 12.0. The first kappa shape index (κ1) is 11.5. The topological polar surface area (TPSA) is 52.3 Å². The molecule has 1 aliphatic rings. The Kier molecular flexibility index (Phi) is 2.91. The molecule has 0 spiro atoms. The van der Waals surface area contributed by atoms with E-state index in [1.807, 2.05) is 24.4 Å². The first-order chi connectivity index (χ1) is 8.75. The highest BCUT2D eigenvalue weighted by Crippen LogP contribution is 2.35. The molecule has 2 heterocycles. The van der Waals surface area contributed by atoms with Gasteiger partial charge in [-0.05, 0) is 37.1 Å². The Labute approximate surface area is 109 Å². The summed E-state index contributed by atoms with van der Waals surface area (Å²) in [4.78, 5) is 16.9. The van der Waals surface area contributed by atoms with E-state index in [9.17, 15) is 4.79 Å². The number of hydrogen-bond acceptors (Lipinski definition) is 5. The van der Waals surface area contributed by atoms with Crippen LogP contribution < -0.4 is 0 Å². The summed E-state index contributed by atoms with van der Waals surface area (Å²) in [5.41, 5.74) is 0.268. The summed E-state index contributed by atoms with van der Waals surface area (Å²) in [5, 5.41) is 1.93. The number of ether oxygens (including phenoxy) is 1. The second-order valence-corrected chi connectivity index (χ2v) is 5.40. The molecule has 1 saturated carbocycles. The maximum atomic E-state index is 12.0. The van der Waals surface area contributed by atoms with E-state index in [0.717, 1.165) is 17.7 Å². The molecule has 0 saturated heterocycles. The normalized spacial score (nSPS) is 16.5. The van der Waals surface area contributed by atoms with Gasteiger partial charge in [0, 0.05) is 0 Å². The fourth-order valence-corrected chi connectivity index (χ4v) is 2.57. The van der Waals surface area contributed by atoms with Gasteiger partial charge < -0.3 is 9.15 Å². The second-order valence-electron chi connectivity index (χ2n) is 4.46. The number of nitrogens with zero attached hydrogens (tertiary/aromatic N) is 1. The van der Waals surface area contributed by atoms with Crippen molar-refractivity contribution in [2.24, 2.45) is 5.92 Å². The van der Waals surface area contributed by atoms with Gasteiger partial charge >= 0.3 is 5.97 Å². The van der Waals surface area contributed by atoms with E-state index in [2.05, 4.69) is 4.98 Å². The van der Waals surface area contributed by atoms with E-state index in [-0.39, 0.29) is 11.8 Å². The van der Waals surface area contributed by atoms with Crippen LogP contribution in [0, 0.1) is 5.92 Å². The minimum absolute atomic E-state index is 0.0367. The summed E-state index contributed by atoms with van der Waals surface area (Å²) in [6, 6.07) is 3.80. The van der Waals surface area contributed by atoms with Crippen molar-refractivity contribution in [2.45, 2.75) is 25.9 Å². The Morgan fingerprint density at radius 2 is 2.44 bits per heavy atom. The molecule has 3 rings (SSSR count). The van der Waals surface area contributed by atoms with Crippen molar-refractivity contribution >= 4 is 17.3 Å². The average Bonchev–Trinajstić information content (AvgIpc) is 2.90. The molecular formula is C13H13NO3S. The van der Waals surface area contributed by atoms with Crippen LogP contribution >= 0.6 is 11.3 Å². The lowest BCUT2D eigenvalue weighted by atomic mass is 10.2. The van der Waals surface area contributed by atoms with Gasteiger partial charge in [-0.15, -0.1) is 11.3 Å². The molecule has 4 nitrogen and oxygen atoms in total. The third kappa shape index (κ3) is 2.18. The Hall–Kier alpha value is -1.62. The van der Waals surface area contributed by atoms with Crippen molar-refractivity contribution in [1.82, 2.24) is 4.98 Å². The summed E-state index contributed by atoms with van der Waals surface area (Å²) in [7, 11) is 0. The predicted molar refractivity (Wildman–Crippen MR) is 67.4 cm³/mol. The van der Waals surface area contributed by atoms with Gasteiger partial charge in [0.25, 0.3) is 0 Å². The molecule has 0 N–H and O–H groups in total. The number of oxazole rings is 1. The summed E-state index contributed by atoms with van der Waals surface area (Å²) < 4.78 is 10.7. The van der Waals surface area contributed by atoms with Gasteiger partial charge in [0.1, 0.15) is 6.10 Å². The van der Waals surface area contributed by atoms with Gasteiger partial charge in [-0.3, -0.25) is 0 Å². The van der Waals surface area contributed by atoms with Crippen molar-refractivity contribution in [2.75, 3.05) is 0 Å². The summed E-state index contributed by atoms with van der Waals surface area (Å²) in [6.07, 6.45) is 3.54. The number of carbonyl (C=O) groups excluding carboxylic acids is 1. The van der Waals surface area contributed by atoms with Crippen LogP contribution in [0.25, 0.3) is 10.6 Å². The van der Waals surface area contributed by atoms with E-state index in [0.29, 0.717) is 11.7 Å². The lowest BCUT2D eigenvalue weighted by molar-refractivity contribution is 0.0289. The summed E-state index contributed by atoms with van der Waals surface area (Å²) in [6.45, 7) is 1.93. The monoisotopic (exact) mass is 263 g/mol. The molecule has 18 heavy (non-hydrogen) atoms. The van der Waals surface area contributed by atoms with E-state index in [1.165, 1.54) is 17.7 Å².